The van der Waals surface area contributed by atoms with Crippen molar-refractivity contribution in [3.63, 3.8) is 0 Å². The molecule has 2 heterocycles. The lowest BCUT2D eigenvalue weighted by Gasteiger charge is -2.24. The predicted molar refractivity (Wildman–Crippen MR) is 107 cm³/mol. The van der Waals surface area contributed by atoms with Gasteiger partial charge in [-0.15, -0.1) is 0 Å². The Morgan fingerprint density at radius 3 is 2.78 bits per heavy atom. The van der Waals surface area contributed by atoms with Gasteiger partial charge in [0, 0.05) is 29.7 Å². The van der Waals surface area contributed by atoms with E-state index < -0.39 is 12.5 Å². The van der Waals surface area contributed by atoms with Gasteiger partial charge in [0.05, 0.1) is 17.6 Å². The number of rotatable bonds is 9. The van der Waals surface area contributed by atoms with Crippen LogP contribution in [0.15, 0.2) is 35.6 Å². The molecule has 0 aromatic carbocycles. The zero-order chi connectivity index (χ0) is 19.9. The summed E-state index contributed by atoms with van der Waals surface area (Å²) in [5.74, 6) is -2.90. The molecule has 0 fully saturated rings. The molecule has 2 rings (SSSR count). The van der Waals surface area contributed by atoms with Crippen LogP contribution in [0.3, 0.4) is 0 Å². The third-order valence-electron chi connectivity index (χ3n) is 4.01. The first-order valence-electron chi connectivity index (χ1n) is 8.83. The molecule has 27 heavy (non-hydrogen) atoms. The monoisotopic (exact) mass is 395 g/mol. The molecule has 2 N–H and O–H groups in total. The molecule has 146 valence electrons. The quantitative estimate of drug-likeness (QED) is 0.514. The van der Waals surface area contributed by atoms with Crippen molar-refractivity contribution in [2.75, 3.05) is 26.2 Å². The van der Waals surface area contributed by atoms with Crippen molar-refractivity contribution >= 4 is 34.4 Å². The van der Waals surface area contributed by atoms with E-state index >= 15 is 0 Å². The van der Waals surface area contributed by atoms with Crippen molar-refractivity contribution < 1.29 is 8.78 Å². The summed E-state index contributed by atoms with van der Waals surface area (Å²) in [6, 6.07) is 5.15. The minimum Gasteiger partial charge on any atom is -0.404 e. The standard InChI is InChI=1S/C19H24ClF2N5/c1-3-7-27(4-2)13-19(21,22)12-24-10-15(9-23)14-8-17-16(25-11-14)5-6-18(20)26-17/h5-6,8-11H,3-4,7,12-13,23H2,1-2H3. The van der Waals surface area contributed by atoms with Gasteiger partial charge in [-0.2, -0.15) is 0 Å². The van der Waals surface area contributed by atoms with Crippen molar-refractivity contribution in [1.29, 1.82) is 0 Å². The minimum absolute atomic E-state index is 0.309. The van der Waals surface area contributed by atoms with Crippen molar-refractivity contribution in [2.24, 2.45) is 10.7 Å². The summed E-state index contributed by atoms with van der Waals surface area (Å²) in [6.07, 6.45) is 5.09. The molecule has 0 atom stereocenters. The van der Waals surface area contributed by atoms with Crippen molar-refractivity contribution in [1.82, 2.24) is 14.9 Å². The largest absolute Gasteiger partial charge is 0.404 e. The molecule has 0 unspecified atom stereocenters. The number of alkyl halides is 2. The van der Waals surface area contributed by atoms with E-state index in [0.29, 0.717) is 40.4 Å². The van der Waals surface area contributed by atoms with Gasteiger partial charge in [0.2, 0.25) is 0 Å². The van der Waals surface area contributed by atoms with Gasteiger partial charge in [-0.05, 0) is 37.7 Å². The highest BCUT2D eigenvalue weighted by atomic mass is 35.5. The van der Waals surface area contributed by atoms with E-state index in [9.17, 15) is 8.78 Å². The van der Waals surface area contributed by atoms with Crippen LogP contribution in [0.4, 0.5) is 8.78 Å². The fourth-order valence-corrected chi connectivity index (χ4v) is 2.83. The number of hydrogen-bond acceptors (Lipinski definition) is 5. The zero-order valence-corrected chi connectivity index (χ0v) is 16.3. The number of allylic oxidation sites excluding steroid dienone is 1. The average Bonchev–Trinajstić information content (AvgIpc) is 2.64. The summed E-state index contributed by atoms with van der Waals surface area (Å²) >= 11 is 5.90. The van der Waals surface area contributed by atoms with Crippen molar-refractivity contribution in [3.05, 3.63) is 41.3 Å². The van der Waals surface area contributed by atoms with E-state index in [4.69, 9.17) is 17.3 Å². The molecule has 8 heteroatoms. The molecule has 2 aromatic rings. The molecule has 0 aliphatic heterocycles. The Morgan fingerprint density at radius 1 is 1.33 bits per heavy atom. The van der Waals surface area contributed by atoms with E-state index in [2.05, 4.69) is 15.0 Å². The molecule has 0 spiro atoms. The van der Waals surface area contributed by atoms with E-state index in [1.807, 2.05) is 13.8 Å². The molecule has 0 saturated heterocycles. The normalized spacial score (nSPS) is 13.2. The van der Waals surface area contributed by atoms with Gasteiger partial charge in [0.15, 0.2) is 0 Å². The second kappa shape index (κ2) is 9.71. The van der Waals surface area contributed by atoms with Crippen LogP contribution in [0.5, 0.6) is 0 Å². The van der Waals surface area contributed by atoms with Crippen LogP contribution < -0.4 is 5.73 Å². The van der Waals surface area contributed by atoms with Gasteiger partial charge >= 0.3 is 0 Å². The summed E-state index contributed by atoms with van der Waals surface area (Å²) in [4.78, 5) is 14.1. The summed E-state index contributed by atoms with van der Waals surface area (Å²) in [7, 11) is 0. The Bertz CT molecular complexity index is 823. The van der Waals surface area contributed by atoms with Crippen LogP contribution in [0.1, 0.15) is 25.8 Å². The smallest absolute Gasteiger partial charge is 0.279 e. The van der Waals surface area contributed by atoms with E-state index in [1.54, 1.807) is 29.3 Å². The van der Waals surface area contributed by atoms with Crippen LogP contribution in [0, 0.1) is 0 Å². The summed E-state index contributed by atoms with van der Waals surface area (Å²) < 4.78 is 28.3. The van der Waals surface area contributed by atoms with Gasteiger partial charge in [-0.3, -0.25) is 14.9 Å². The maximum atomic E-state index is 14.2. The fraction of sp³-hybridized carbons (Fsp3) is 0.421. The molecule has 2 aromatic heterocycles. The molecule has 0 aliphatic rings. The first-order chi connectivity index (χ1) is 12.9. The van der Waals surface area contributed by atoms with Crippen LogP contribution in [-0.4, -0.2) is 53.2 Å². The van der Waals surface area contributed by atoms with E-state index in [0.717, 1.165) is 6.42 Å². The van der Waals surface area contributed by atoms with Gasteiger partial charge in [-0.1, -0.05) is 25.4 Å². The number of hydrogen-bond donors (Lipinski definition) is 1. The average molecular weight is 396 g/mol. The fourth-order valence-electron chi connectivity index (χ4n) is 2.67. The summed E-state index contributed by atoms with van der Waals surface area (Å²) in [5, 5.41) is 0.348. The first-order valence-corrected chi connectivity index (χ1v) is 9.21. The molecule has 0 saturated carbocycles. The molecule has 0 amide bonds. The number of aliphatic imine (C=N–C) groups is 1. The number of nitrogens with zero attached hydrogens (tertiary/aromatic N) is 4. The van der Waals surface area contributed by atoms with Crippen LogP contribution in [0.2, 0.25) is 5.15 Å². The van der Waals surface area contributed by atoms with Crippen molar-refractivity contribution in [3.8, 4) is 0 Å². The third kappa shape index (κ3) is 6.22. The molecular formula is C19H24ClF2N5. The van der Waals surface area contributed by atoms with Gasteiger partial charge in [0.25, 0.3) is 5.92 Å². The number of pyridine rings is 2. The van der Waals surface area contributed by atoms with Crippen LogP contribution >= 0.6 is 11.6 Å². The SMILES string of the molecule is CCCN(CC)CC(F)(F)CN=CC(=CN)c1cnc2ccc(Cl)nc2c1. The zero-order valence-electron chi connectivity index (χ0n) is 15.5. The predicted octanol–water partition coefficient (Wildman–Crippen LogP) is 4.02. The maximum Gasteiger partial charge on any atom is 0.279 e. The number of aromatic nitrogens is 2. The number of halogens is 3. The number of nitrogens with two attached hydrogens (primary N) is 1. The van der Waals surface area contributed by atoms with Crippen molar-refractivity contribution in [2.45, 2.75) is 26.2 Å². The first kappa shape index (κ1) is 21.2. The highest BCUT2D eigenvalue weighted by Crippen LogP contribution is 2.20. The van der Waals surface area contributed by atoms with Gasteiger partial charge in [0.1, 0.15) is 11.7 Å². The Labute approximate surface area is 163 Å². The lowest BCUT2D eigenvalue weighted by molar-refractivity contribution is -0.0216. The summed E-state index contributed by atoms with van der Waals surface area (Å²) in [6.45, 7) is 4.15. The maximum absolute atomic E-state index is 14.2. The second-order valence-electron chi connectivity index (χ2n) is 6.21. The van der Waals surface area contributed by atoms with Crippen LogP contribution in [-0.2, 0) is 0 Å². The molecule has 5 nitrogen and oxygen atoms in total. The lowest BCUT2D eigenvalue weighted by atomic mass is 10.1. The Morgan fingerprint density at radius 2 is 2.11 bits per heavy atom. The van der Waals surface area contributed by atoms with Gasteiger partial charge in [-0.25, -0.2) is 13.8 Å². The molecule has 0 bridgehead atoms. The highest BCUT2D eigenvalue weighted by Gasteiger charge is 2.30. The topological polar surface area (TPSA) is 67.4 Å². The molecule has 0 aliphatic carbocycles. The minimum atomic E-state index is -2.90. The Hall–Kier alpha value is -2.12. The van der Waals surface area contributed by atoms with E-state index in [1.165, 1.54) is 12.4 Å². The molecule has 0 radical (unpaired) electrons. The highest BCUT2D eigenvalue weighted by molar-refractivity contribution is 6.29. The van der Waals surface area contributed by atoms with Gasteiger partial charge < -0.3 is 5.73 Å². The third-order valence-corrected chi connectivity index (χ3v) is 4.22. The Kier molecular flexibility index (Phi) is 7.62. The van der Waals surface area contributed by atoms with Crippen LogP contribution in [0.25, 0.3) is 16.6 Å². The number of fused-ring (bicyclic) bond motifs is 1. The lowest BCUT2D eigenvalue weighted by Crippen LogP contribution is -2.39. The second-order valence-corrected chi connectivity index (χ2v) is 6.60. The Balaban J connectivity index is 2.10. The summed E-state index contributed by atoms with van der Waals surface area (Å²) in [5.41, 5.74) is 8.04. The van der Waals surface area contributed by atoms with E-state index in [-0.39, 0.29) is 6.54 Å². The molecular weight excluding hydrogens is 372 g/mol.